The average Bonchev–Trinajstić information content (AvgIpc) is 3.21. The van der Waals surface area contributed by atoms with Crippen LogP contribution in [0.1, 0.15) is 17.0 Å². The molecule has 0 atom stereocenters. The molecule has 0 spiro atoms. The van der Waals surface area contributed by atoms with Crippen molar-refractivity contribution < 1.29 is 23.8 Å². The second kappa shape index (κ2) is 11.3. The number of carbonyl (C=O) groups is 1. The van der Waals surface area contributed by atoms with Crippen molar-refractivity contribution in [1.82, 2.24) is 4.57 Å². The molecule has 1 N–H and O–H groups in total. The summed E-state index contributed by atoms with van der Waals surface area (Å²) in [5.41, 5.74) is 1.58. The van der Waals surface area contributed by atoms with E-state index in [4.69, 9.17) is 4.74 Å². The lowest BCUT2D eigenvalue weighted by atomic mass is 10.1. The van der Waals surface area contributed by atoms with Gasteiger partial charge in [-0.15, -0.1) is 0 Å². The number of rotatable bonds is 8. The number of hydrogen-bond acceptors (Lipinski definition) is 7. The standard InChI is InChI=1S/C28H20FN5O6/c1-17-13-19(14-20(16-30)28(35)31-25-6-4-3-5-24(25)29)18(2)32(17)21-7-10-23(11-8-21)40-27-12-9-22(33(36)37)15-26(27)34(38)39/h3-15H,1-2H3,(H,31,35). The maximum Gasteiger partial charge on any atom is 0.318 e. The van der Waals surface area contributed by atoms with Crippen LogP contribution in [0, 0.1) is 51.2 Å². The van der Waals surface area contributed by atoms with E-state index in [0.29, 0.717) is 16.9 Å². The van der Waals surface area contributed by atoms with E-state index in [1.807, 2.05) is 17.6 Å². The third kappa shape index (κ3) is 5.68. The summed E-state index contributed by atoms with van der Waals surface area (Å²) in [7, 11) is 0. The zero-order chi connectivity index (χ0) is 29.0. The van der Waals surface area contributed by atoms with Crippen LogP contribution in [-0.4, -0.2) is 20.3 Å². The smallest absolute Gasteiger partial charge is 0.318 e. The number of ether oxygens (including phenoxy) is 1. The van der Waals surface area contributed by atoms with Crippen LogP contribution in [0.5, 0.6) is 11.5 Å². The van der Waals surface area contributed by atoms with Gasteiger partial charge in [0.1, 0.15) is 23.2 Å². The van der Waals surface area contributed by atoms with Gasteiger partial charge in [-0.3, -0.25) is 25.0 Å². The normalized spacial score (nSPS) is 11.0. The molecule has 4 rings (SSSR count). The highest BCUT2D eigenvalue weighted by molar-refractivity contribution is 6.09. The van der Waals surface area contributed by atoms with Gasteiger partial charge in [-0.05, 0) is 74.0 Å². The number of benzene rings is 3. The van der Waals surface area contributed by atoms with Crippen LogP contribution in [0.25, 0.3) is 11.8 Å². The van der Waals surface area contributed by atoms with Crippen LogP contribution >= 0.6 is 0 Å². The fourth-order valence-corrected chi connectivity index (χ4v) is 4.03. The number of carbonyl (C=O) groups excluding carboxylic acids is 1. The maximum atomic E-state index is 13.9. The van der Waals surface area contributed by atoms with Gasteiger partial charge in [-0.1, -0.05) is 12.1 Å². The first-order chi connectivity index (χ1) is 19.1. The second-order valence-electron chi connectivity index (χ2n) is 8.53. The van der Waals surface area contributed by atoms with Gasteiger partial charge in [0, 0.05) is 23.1 Å². The number of nitrogens with one attached hydrogen (secondary N) is 1. The highest BCUT2D eigenvalue weighted by Crippen LogP contribution is 2.35. The summed E-state index contributed by atoms with van der Waals surface area (Å²) in [6.45, 7) is 3.63. The molecule has 0 aliphatic heterocycles. The second-order valence-corrected chi connectivity index (χ2v) is 8.53. The minimum absolute atomic E-state index is 0.0412. The number of anilines is 1. The molecule has 3 aromatic carbocycles. The first kappa shape index (κ1) is 27.2. The van der Waals surface area contributed by atoms with Gasteiger partial charge in [0.15, 0.2) is 0 Å². The molecule has 0 saturated heterocycles. The third-order valence-corrected chi connectivity index (χ3v) is 5.93. The molecular weight excluding hydrogens is 521 g/mol. The van der Waals surface area contributed by atoms with Crippen molar-refractivity contribution in [2.24, 2.45) is 0 Å². The lowest BCUT2D eigenvalue weighted by Crippen LogP contribution is -2.14. The molecule has 1 heterocycles. The van der Waals surface area contributed by atoms with Gasteiger partial charge in [-0.2, -0.15) is 5.26 Å². The van der Waals surface area contributed by atoms with Gasteiger partial charge in [-0.25, -0.2) is 4.39 Å². The molecule has 0 radical (unpaired) electrons. The predicted octanol–water partition coefficient (Wildman–Crippen LogP) is 6.39. The van der Waals surface area contributed by atoms with E-state index < -0.39 is 32.9 Å². The number of aryl methyl sites for hydroxylation is 1. The largest absolute Gasteiger partial charge is 0.450 e. The monoisotopic (exact) mass is 541 g/mol. The van der Waals surface area contributed by atoms with Crippen LogP contribution in [0.4, 0.5) is 21.5 Å². The number of hydrogen-bond donors (Lipinski definition) is 1. The summed E-state index contributed by atoms with van der Waals surface area (Å²) in [4.78, 5) is 33.5. The first-order valence-electron chi connectivity index (χ1n) is 11.7. The van der Waals surface area contributed by atoms with E-state index in [2.05, 4.69) is 5.32 Å². The summed E-state index contributed by atoms with van der Waals surface area (Å²) in [5.74, 6) is -1.26. The van der Waals surface area contributed by atoms with Crippen molar-refractivity contribution in [3.63, 3.8) is 0 Å². The highest BCUT2D eigenvalue weighted by atomic mass is 19.1. The Morgan fingerprint density at radius 2 is 1.73 bits per heavy atom. The summed E-state index contributed by atoms with van der Waals surface area (Å²) in [6, 6.07) is 19.0. The van der Waals surface area contributed by atoms with Crippen molar-refractivity contribution in [2.75, 3.05) is 5.32 Å². The quantitative estimate of drug-likeness (QED) is 0.117. The Balaban J connectivity index is 1.58. The minimum atomic E-state index is -0.760. The molecule has 1 amide bonds. The number of aromatic nitrogens is 1. The number of para-hydroxylation sites is 1. The van der Waals surface area contributed by atoms with E-state index in [0.717, 1.165) is 23.9 Å². The molecule has 0 bridgehead atoms. The van der Waals surface area contributed by atoms with Gasteiger partial charge in [0.05, 0.1) is 21.6 Å². The maximum absolute atomic E-state index is 13.9. The Labute approximate surface area is 226 Å². The van der Waals surface area contributed by atoms with Crippen LogP contribution in [0.2, 0.25) is 0 Å². The molecule has 12 heteroatoms. The van der Waals surface area contributed by atoms with Crippen LogP contribution in [0.15, 0.2) is 78.4 Å². The summed E-state index contributed by atoms with van der Waals surface area (Å²) in [6.07, 6.45) is 1.42. The summed E-state index contributed by atoms with van der Waals surface area (Å²) in [5, 5.41) is 34.3. The Hall–Kier alpha value is -5.83. The molecule has 40 heavy (non-hydrogen) atoms. The third-order valence-electron chi connectivity index (χ3n) is 5.93. The minimum Gasteiger partial charge on any atom is -0.450 e. The topological polar surface area (TPSA) is 153 Å². The Morgan fingerprint density at radius 1 is 1.02 bits per heavy atom. The zero-order valence-electron chi connectivity index (χ0n) is 21.1. The molecule has 0 unspecified atom stereocenters. The van der Waals surface area contributed by atoms with E-state index >= 15 is 0 Å². The SMILES string of the molecule is Cc1cc(C=C(C#N)C(=O)Nc2ccccc2F)c(C)n1-c1ccc(Oc2ccc([N+](=O)[O-])cc2[N+](=O)[O-])cc1. The average molecular weight is 541 g/mol. The van der Waals surface area contributed by atoms with Gasteiger partial charge in [0.2, 0.25) is 5.75 Å². The number of non-ortho nitro benzene ring substituents is 1. The molecule has 1 aromatic heterocycles. The molecule has 0 saturated carbocycles. The van der Waals surface area contributed by atoms with Crippen LogP contribution in [-0.2, 0) is 4.79 Å². The first-order valence-corrected chi connectivity index (χ1v) is 11.7. The number of nitro benzene ring substituents is 2. The molecular formula is C28H20FN5O6. The Bertz CT molecular complexity index is 1720. The van der Waals surface area contributed by atoms with E-state index in [1.165, 1.54) is 24.3 Å². The van der Waals surface area contributed by atoms with Crippen LogP contribution < -0.4 is 10.1 Å². The number of nitrogens with zero attached hydrogens (tertiary/aromatic N) is 4. The lowest BCUT2D eigenvalue weighted by molar-refractivity contribution is -0.394. The summed E-state index contributed by atoms with van der Waals surface area (Å²) < 4.78 is 21.4. The fourth-order valence-electron chi connectivity index (χ4n) is 4.03. The predicted molar refractivity (Wildman–Crippen MR) is 144 cm³/mol. The number of amides is 1. The molecule has 4 aromatic rings. The number of nitro groups is 2. The molecule has 0 aliphatic rings. The van der Waals surface area contributed by atoms with E-state index in [1.54, 1.807) is 43.3 Å². The van der Waals surface area contributed by atoms with Crippen molar-refractivity contribution in [3.05, 3.63) is 121 Å². The molecule has 11 nitrogen and oxygen atoms in total. The Kier molecular flexibility index (Phi) is 7.67. The fraction of sp³-hybridized carbons (Fsp3) is 0.0714. The Morgan fingerprint density at radius 3 is 2.35 bits per heavy atom. The van der Waals surface area contributed by atoms with Gasteiger partial charge < -0.3 is 14.6 Å². The molecule has 0 fully saturated rings. The van der Waals surface area contributed by atoms with E-state index in [-0.39, 0.29) is 22.8 Å². The van der Waals surface area contributed by atoms with Crippen LogP contribution in [0.3, 0.4) is 0 Å². The van der Waals surface area contributed by atoms with Crippen molar-refractivity contribution in [3.8, 4) is 23.3 Å². The van der Waals surface area contributed by atoms with Crippen molar-refractivity contribution in [2.45, 2.75) is 13.8 Å². The zero-order valence-corrected chi connectivity index (χ0v) is 21.1. The number of nitriles is 1. The number of halogens is 1. The van der Waals surface area contributed by atoms with E-state index in [9.17, 15) is 34.7 Å². The van der Waals surface area contributed by atoms with Crippen molar-refractivity contribution >= 4 is 29.0 Å². The van der Waals surface area contributed by atoms with Crippen molar-refractivity contribution in [1.29, 1.82) is 5.26 Å². The van der Waals surface area contributed by atoms with Gasteiger partial charge >= 0.3 is 5.69 Å². The lowest BCUT2D eigenvalue weighted by Gasteiger charge is -2.11. The van der Waals surface area contributed by atoms with Gasteiger partial charge in [0.25, 0.3) is 11.6 Å². The molecule has 0 aliphatic carbocycles. The summed E-state index contributed by atoms with van der Waals surface area (Å²) >= 11 is 0. The molecule has 200 valence electrons. The highest BCUT2D eigenvalue weighted by Gasteiger charge is 2.21.